The lowest BCUT2D eigenvalue weighted by atomic mass is 10.1. The van der Waals surface area contributed by atoms with Crippen molar-refractivity contribution in [2.45, 2.75) is 32.8 Å². The molecule has 0 radical (unpaired) electrons. The number of β-amino-alcohol motifs (C(OH)–C–C–N with tert-alkyl or cyclic N) is 1. The number of carbonyl (C=O) groups is 1. The Hall–Kier alpha value is -1.59. The van der Waals surface area contributed by atoms with Crippen molar-refractivity contribution in [1.29, 1.82) is 0 Å². The van der Waals surface area contributed by atoms with E-state index in [1.807, 2.05) is 43.0 Å². The van der Waals surface area contributed by atoms with Gasteiger partial charge in [0.05, 0.1) is 19.1 Å². The molecular weight excluding hydrogens is 292 g/mol. The van der Waals surface area contributed by atoms with Crippen molar-refractivity contribution in [3.8, 4) is 5.75 Å². The van der Waals surface area contributed by atoms with E-state index in [2.05, 4.69) is 4.90 Å². The van der Waals surface area contributed by atoms with Crippen molar-refractivity contribution in [3.63, 3.8) is 0 Å². The molecule has 128 valence electrons. The van der Waals surface area contributed by atoms with Crippen LogP contribution in [0.4, 0.5) is 0 Å². The first kappa shape index (κ1) is 17.8. The summed E-state index contributed by atoms with van der Waals surface area (Å²) in [6.45, 7) is 8.46. The topological polar surface area (TPSA) is 53.0 Å². The van der Waals surface area contributed by atoms with Gasteiger partial charge in [0.2, 0.25) is 5.91 Å². The molecule has 1 aromatic carbocycles. The molecule has 0 aliphatic carbocycles. The number of ether oxygens (including phenoxy) is 1. The molecule has 1 heterocycles. The minimum Gasteiger partial charge on any atom is -0.494 e. The number of benzene rings is 1. The molecule has 1 N–H and O–H groups in total. The average Bonchev–Trinajstić information content (AvgIpc) is 2.57. The summed E-state index contributed by atoms with van der Waals surface area (Å²) in [5.41, 5.74) is 1.02. The lowest BCUT2D eigenvalue weighted by Gasteiger charge is -2.35. The van der Waals surface area contributed by atoms with E-state index in [1.54, 1.807) is 0 Å². The molecule has 1 atom stereocenters. The standard InChI is InChI=1S/C18H28N2O3/c1-3-16(21)14-19-9-11-20(12-10-19)18(22)13-15-5-7-17(8-6-15)23-4-2/h5-8,16,21H,3-4,9-14H2,1-2H3/t16-/m1/s1. The fourth-order valence-corrected chi connectivity index (χ4v) is 2.76. The van der Waals surface area contributed by atoms with Gasteiger partial charge in [0.25, 0.3) is 0 Å². The zero-order chi connectivity index (χ0) is 16.7. The van der Waals surface area contributed by atoms with E-state index >= 15 is 0 Å². The first-order valence-corrected chi connectivity index (χ1v) is 8.52. The summed E-state index contributed by atoms with van der Waals surface area (Å²) in [6.07, 6.45) is 0.946. The highest BCUT2D eigenvalue weighted by atomic mass is 16.5. The first-order chi connectivity index (χ1) is 11.1. The van der Waals surface area contributed by atoms with Gasteiger partial charge >= 0.3 is 0 Å². The molecule has 0 spiro atoms. The maximum Gasteiger partial charge on any atom is 0.227 e. The van der Waals surface area contributed by atoms with Gasteiger partial charge in [-0.15, -0.1) is 0 Å². The molecule has 1 aromatic rings. The molecular formula is C18H28N2O3. The Morgan fingerprint density at radius 1 is 1.17 bits per heavy atom. The van der Waals surface area contributed by atoms with Gasteiger partial charge in [-0.3, -0.25) is 9.69 Å². The molecule has 0 aromatic heterocycles. The van der Waals surface area contributed by atoms with Crippen LogP contribution in [0.5, 0.6) is 5.75 Å². The maximum absolute atomic E-state index is 12.4. The Balaban J connectivity index is 1.78. The zero-order valence-electron chi connectivity index (χ0n) is 14.2. The van der Waals surface area contributed by atoms with Crippen LogP contribution in [-0.2, 0) is 11.2 Å². The van der Waals surface area contributed by atoms with Crippen molar-refractivity contribution in [2.75, 3.05) is 39.3 Å². The van der Waals surface area contributed by atoms with Crippen LogP contribution >= 0.6 is 0 Å². The fraction of sp³-hybridized carbons (Fsp3) is 0.611. The van der Waals surface area contributed by atoms with Crippen molar-refractivity contribution in [3.05, 3.63) is 29.8 Å². The summed E-state index contributed by atoms with van der Waals surface area (Å²) in [5, 5.41) is 9.71. The number of hydrogen-bond donors (Lipinski definition) is 1. The van der Waals surface area contributed by atoms with Gasteiger partial charge in [-0.1, -0.05) is 19.1 Å². The predicted molar refractivity (Wildman–Crippen MR) is 90.6 cm³/mol. The molecule has 0 unspecified atom stereocenters. The van der Waals surface area contributed by atoms with E-state index in [1.165, 1.54) is 0 Å². The Kier molecular flexibility index (Phi) is 6.86. The van der Waals surface area contributed by atoms with Crippen molar-refractivity contribution >= 4 is 5.91 Å². The minimum atomic E-state index is -0.263. The average molecular weight is 320 g/mol. The van der Waals surface area contributed by atoms with Crippen LogP contribution in [0.2, 0.25) is 0 Å². The van der Waals surface area contributed by atoms with E-state index < -0.39 is 0 Å². The third kappa shape index (κ3) is 5.52. The molecule has 0 bridgehead atoms. The molecule has 0 saturated carbocycles. The van der Waals surface area contributed by atoms with E-state index in [0.29, 0.717) is 19.6 Å². The van der Waals surface area contributed by atoms with Gasteiger partial charge in [-0.25, -0.2) is 0 Å². The molecule has 1 amide bonds. The summed E-state index contributed by atoms with van der Waals surface area (Å²) < 4.78 is 5.41. The Morgan fingerprint density at radius 2 is 1.83 bits per heavy atom. The second kappa shape index (κ2) is 8.89. The number of amides is 1. The summed E-state index contributed by atoms with van der Waals surface area (Å²) in [6, 6.07) is 7.74. The molecule has 1 aliphatic rings. The van der Waals surface area contributed by atoms with E-state index in [9.17, 15) is 9.90 Å². The Morgan fingerprint density at radius 3 is 2.39 bits per heavy atom. The van der Waals surface area contributed by atoms with Crippen LogP contribution in [0.15, 0.2) is 24.3 Å². The van der Waals surface area contributed by atoms with Gasteiger partial charge in [-0.2, -0.15) is 0 Å². The predicted octanol–water partition coefficient (Wildman–Crippen LogP) is 1.54. The summed E-state index contributed by atoms with van der Waals surface area (Å²) in [5.74, 6) is 1.01. The smallest absolute Gasteiger partial charge is 0.227 e. The molecule has 1 saturated heterocycles. The van der Waals surface area contributed by atoms with E-state index in [4.69, 9.17) is 4.74 Å². The van der Waals surface area contributed by atoms with Gasteiger partial charge in [0.15, 0.2) is 0 Å². The second-order valence-electron chi connectivity index (χ2n) is 6.00. The first-order valence-electron chi connectivity index (χ1n) is 8.52. The molecule has 1 aliphatic heterocycles. The molecule has 5 nitrogen and oxygen atoms in total. The lowest BCUT2D eigenvalue weighted by molar-refractivity contribution is -0.132. The zero-order valence-corrected chi connectivity index (χ0v) is 14.2. The summed E-state index contributed by atoms with van der Waals surface area (Å²) in [7, 11) is 0. The monoisotopic (exact) mass is 320 g/mol. The maximum atomic E-state index is 12.4. The van der Waals surface area contributed by atoms with Crippen LogP contribution in [0.1, 0.15) is 25.8 Å². The number of hydrogen-bond acceptors (Lipinski definition) is 4. The highest BCUT2D eigenvalue weighted by molar-refractivity contribution is 5.78. The van der Waals surface area contributed by atoms with Gasteiger partial charge in [-0.05, 0) is 31.0 Å². The van der Waals surface area contributed by atoms with Gasteiger partial charge in [0, 0.05) is 32.7 Å². The van der Waals surface area contributed by atoms with E-state index in [-0.39, 0.29) is 12.0 Å². The summed E-state index contributed by atoms with van der Waals surface area (Å²) in [4.78, 5) is 16.5. The molecule has 2 rings (SSSR count). The van der Waals surface area contributed by atoms with Crippen LogP contribution in [0.25, 0.3) is 0 Å². The highest BCUT2D eigenvalue weighted by Gasteiger charge is 2.22. The number of aliphatic hydroxyl groups is 1. The quantitative estimate of drug-likeness (QED) is 0.828. The molecule has 1 fully saturated rings. The SMILES string of the molecule is CCOc1ccc(CC(=O)N2CCN(C[C@H](O)CC)CC2)cc1. The van der Waals surface area contributed by atoms with Gasteiger partial charge in [0.1, 0.15) is 5.75 Å². The molecule has 5 heteroatoms. The number of carbonyl (C=O) groups excluding carboxylic acids is 1. The van der Waals surface area contributed by atoms with Crippen molar-refractivity contribution in [2.24, 2.45) is 0 Å². The lowest BCUT2D eigenvalue weighted by Crippen LogP contribution is -2.50. The number of nitrogens with zero attached hydrogens (tertiary/aromatic N) is 2. The number of piperazine rings is 1. The highest BCUT2D eigenvalue weighted by Crippen LogP contribution is 2.14. The Labute approximate surface area is 138 Å². The number of rotatable bonds is 7. The minimum absolute atomic E-state index is 0.171. The van der Waals surface area contributed by atoms with Crippen LogP contribution < -0.4 is 4.74 Å². The Bertz CT molecular complexity index is 482. The van der Waals surface area contributed by atoms with Gasteiger partial charge < -0.3 is 14.7 Å². The summed E-state index contributed by atoms with van der Waals surface area (Å²) >= 11 is 0. The third-order valence-electron chi connectivity index (χ3n) is 4.25. The van der Waals surface area contributed by atoms with Crippen LogP contribution in [0, 0.1) is 0 Å². The fourth-order valence-electron chi connectivity index (χ4n) is 2.76. The van der Waals surface area contributed by atoms with Crippen LogP contribution in [0.3, 0.4) is 0 Å². The second-order valence-corrected chi connectivity index (χ2v) is 6.00. The van der Waals surface area contributed by atoms with Crippen molar-refractivity contribution in [1.82, 2.24) is 9.80 Å². The van der Waals surface area contributed by atoms with Crippen LogP contribution in [-0.4, -0.2) is 66.2 Å². The largest absolute Gasteiger partial charge is 0.494 e. The van der Waals surface area contributed by atoms with E-state index in [0.717, 1.165) is 43.9 Å². The number of aliphatic hydroxyl groups excluding tert-OH is 1. The molecule has 23 heavy (non-hydrogen) atoms. The third-order valence-corrected chi connectivity index (χ3v) is 4.25. The van der Waals surface area contributed by atoms with Crippen molar-refractivity contribution < 1.29 is 14.6 Å². The normalized spacial score (nSPS) is 17.1.